The minimum absolute atomic E-state index is 0.212. The molecular formula is C90H64BN3Si2. The average molecular weight is 1250 g/mol. The zero-order chi connectivity index (χ0) is 63.6. The van der Waals surface area contributed by atoms with Crippen LogP contribution < -0.4 is 67.7 Å². The molecule has 0 unspecified atom stereocenters. The Bertz CT molecular complexity index is 5280. The van der Waals surface area contributed by atoms with E-state index in [1.807, 2.05) is 0 Å². The molecule has 16 aromatic rings. The van der Waals surface area contributed by atoms with Gasteiger partial charge in [0.25, 0.3) is 6.71 Å². The Morgan fingerprint density at radius 1 is 0.219 bits per heavy atom. The number of anilines is 6. The molecule has 450 valence electrons. The normalized spacial score (nSPS) is 12.5. The van der Waals surface area contributed by atoms with E-state index in [9.17, 15) is 0 Å². The molecule has 0 fully saturated rings. The van der Waals surface area contributed by atoms with Gasteiger partial charge < -0.3 is 14.4 Å². The van der Waals surface area contributed by atoms with Crippen molar-refractivity contribution in [1.82, 2.24) is 4.57 Å². The lowest BCUT2D eigenvalue weighted by molar-refractivity contribution is 1.16. The first-order chi connectivity index (χ1) is 47.7. The molecule has 18 rings (SSSR count). The van der Waals surface area contributed by atoms with Crippen molar-refractivity contribution in [3.63, 3.8) is 0 Å². The van der Waals surface area contributed by atoms with Crippen LogP contribution in [0.2, 0.25) is 0 Å². The van der Waals surface area contributed by atoms with Crippen LogP contribution in [0.1, 0.15) is 0 Å². The van der Waals surface area contributed by atoms with Crippen LogP contribution in [-0.4, -0.2) is 27.4 Å². The summed E-state index contributed by atoms with van der Waals surface area (Å²) in [5.74, 6) is 0. The molecule has 0 bridgehead atoms. The van der Waals surface area contributed by atoms with E-state index in [0.717, 1.165) is 67.5 Å². The summed E-state index contributed by atoms with van der Waals surface area (Å²) in [6, 6.07) is 147. The highest BCUT2D eigenvalue weighted by Gasteiger charge is 2.48. The Labute approximate surface area is 563 Å². The molecule has 2 aliphatic rings. The van der Waals surface area contributed by atoms with Gasteiger partial charge in [-0.25, -0.2) is 0 Å². The highest BCUT2D eigenvalue weighted by atomic mass is 28.3. The van der Waals surface area contributed by atoms with E-state index in [4.69, 9.17) is 0 Å². The van der Waals surface area contributed by atoms with Crippen molar-refractivity contribution in [2.75, 3.05) is 9.80 Å². The van der Waals surface area contributed by atoms with Crippen LogP contribution in [-0.2, 0) is 0 Å². The monoisotopic (exact) mass is 1250 g/mol. The lowest BCUT2D eigenvalue weighted by Gasteiger charge is -2.45. The van der Waals surface area contributed by atoms with Gasteiger partial charge in [0.15, 0.2) is 16.1 Å². The Morgan fingerprint density at radius 2 is 0.615 bits per heavy atom. The van der Waals surface area contributed by atoms with Crippen LogP contribution in [0.5, 0.6) is 0 Å². The van der Waals surface area contributed by atoms with Gasteiger partial charge in [0.05, 0.1) is 22.4 Å². The number of aromatic nitrogens is 1. The van der Waals surface area contributed by atoms with Crippen molar-refractivity contribution in [2.24, 2.45) is 0 Å². The number of benzene rings is 15. The largest absolute Gasteiger partial charge is 0.311 e. The van der Waals surface area contributed by atoms with E-state index in [2.05, 4.69) is 403 Å². The summed E-state index contributed by atoms with van der Waals surface area (Å²) in [6.07, 6.45) is 0. The summed E-state index contributed by atoms with van der Waals surface area (Å²) in [7, 11) is -6.02. The minimum Gasteiger partial charge on any atom is -0.311 e. The third-order valence-corrected chi connectivity index (χ3v) is 30.0. The van der Waals surface area contributed by atoms with Crippen molar-refractivity contribution >= 4 is 137 Å². The summed E-state index contributed by atoms with van der Waals surface area (Å²) in [5.41, 5.74) is 18.6. The standard InChI is InChI=1S/C90H64BN3Si2/c1-9-31-65(32-10-1)67-53-59-81-87(61-67)94(83-50-28-25-47-78(83)66-33-11-2-12-34-66)89-63-69(93-84-51-29-26-48-79(84)80-49-27-30-52-85(80)93)62-88-90(89)91(81)82-64-77(96(73-41-19-6-20-42-73,74-43-21-7-22-44-74)75-45-23-8-24-46-75)58-60-86(82)92(88)68-54-56-76(57-55-68)95(70-35-13-3-14-36-70,71-37-15-4-16-38-71)72-39-17-5-18-40-72/h1-64H. The molecule has 1 aromatic heterocycles. The molecule has 0 saturated heterocycles. The van der Waals surface area contributed by atoms with Gasteiger partial charge in [-0.15, -0.1) is 0 Å². The second-order valence-electron chi connectivity index (χ2n) is 25.4. The van der Waals surface area contributed by atoms with Gasteiger partial charge in [-0.05, 0) is 129 Å². The molecule has 6 heteroatoms. The second-order valence-corrected chi connectivity index (χ2v) is 33.0. The van der Waals surface area contributed by atoms with Crippen LogP contribution >= 0.6 is 0 Å². The number of para-hydroxylation sites is 3. The highest BCUT2D eigenvalue weighted by molar-refractivity contribution is 7.20. The average Bonchev–Trinajstić information content (AvgIpc) is 0.789. The molecular weight excluding hydrogens is 1190 g/mol. The first-order valence-electron chi connectivity index (χ1n) is 33.3. The van der Waals surface area contributed by atoms with E-state index >= 15 is 0 Å². The molecule has 0 N–H and O–H groups in total. The summed E-state index contributed by atoms with van der Waals surface area (Å²) in [6.45, 7) is -0.212. The molecule has 3 heterocycles. The summed E-state index contributed by atoms with van der Waals surface area (Å²) < 4.78 is 2.52. The molecule has 0 radical (unpaired) electrons. The molecule has 0 aliphatic carbocycles. The van der Waals surface area contributed by atoms with Crippen LogP contribution in [0.3, 0.4) is 0 Å². The molecule has 0 spiro atoms. The van der Waals surface area contributed by atoms with Crippen molar-refractivity contribution < 1.29 is 0 Å². The van der Waals surface area contributed by atoms with Crippen LogP contribution in [0.4, 0.5) is 34.1 Å². The van der Waals surface area contributed by atoms with Crippen molar-refractivity contribution in [3.8, 4) is 27.9 Å². The Morgan fingerprint density at radius 3 is 1.11 bits per heavy atom. The molecule has 0 atom stereocenters. The molecule has 0 amide bonds. The van der Waals surface area contributed by atoms with Gasteiger partial charge in [0.2, 0.25) is 0 Å². The predicted molar refractivity (Wildman–Crippen MR) is 413 cm³/mol. The summed E-state index contributed by atoms with van der Waals surface area (Å²) in [5, 5.41) is 13.1. The van der Waals surface area contributed by atoms with Crippen LogP contribution in [0.15, 0.2) is 388 Å². The number of hydrogen-bond donors (Lipinski definition) is 0. The third-order valence-electron chi connectivity index (χ3n) is 20.5. The molecule has 3 nitrogen and oxygen atoms in total. The third kappa shape index (κ3) is 9.01. The molecule has 2 aliphatic heterocycles. The number of nitrogens with zero attached hydrogens (tertiary/aromatic N) is 3. The zero-order valence-corrected chi connectivity index (χ0v) is 54.9. The second kappa shape index (κ2) is 23.6. The topological polar surface area (TPSA) is 11.4 Å². The van der Waals surface area contributed by atoms with Crippen molar-refractivity contribution in [3.05, 3.63) is 388 Å². The van der Waals surface area contributed by atoms with E-state index in [-0.39, 0.29) is 6.71 Å². The molecule has 96 heavy (non-hydrogen) atoms. The minimum atomic E-state index is -3.10. The van der Waals surface area contributed by atoms with Crippen molar-refractivity contribution in [1.29, 1.82) is 0 Å². The van der Waals surface area contributed by atoms with Gasteiger partial charge in [0, 0.05) is 44.8 Å². The van der Waals surface area contributed by atoms with E-state index < -0.39 is 16.1 Å². The summed E-state index contributed by atoms with van der Waals surface area (Å²) in [4.78, 5) is 5.26. The molecule has 0 saturated carbocycles. The number of rotatable bonds is 13. The summed E-state index contributed by atoms with van der Waals surface area (Å²) >= 11 is 0. The van der Waals surface area contributed by atoms with Crippen molar-refractivity contribution in [2.45, 2.75) is 0 Å². The number of hydrogen-bond acceptors (Lipinski definition) is 2. The Balaban J connectivity index is 0.982. The fraction of sp³-hybridized carbons (Fsp3) is 0. The van der Waals surface area contributed by atoms with E-state index in [1.165, 1.54) is 74.2 Å². The smallest absolute Gasteiger partial charge is 0.252 e. The highest BCUT2D eigenvalue weighted by Crippen LogP contribution is 2.49. The quantitative estimate of drug-likeness (QED) is 0.0842. The van der Waals surface area contributed by atoms with E-state index in [0.29, 0.717) is 0 Å². The molecule has 15 aromatic carbocycles. The van der Waals surface area contributed by atoms with Gasteiger partial charge in [-0.2, -0.15) is 0 Å². The first kappa shape index (κ1) is 56.9. The maximum absolute atomic E-state index is 3.10. The fourth-order valence-corrected chi connectivity index (χ4v) is 25.9. The Hall–Kier alpha value is -11.8. The predicted octanol–water partition coefficient (Wildman–Crippen LogP) is 15.0. The number of fused-ring (bicyclic) bond motifs is 7. The maximum atomic E-state index is 2.66. The lowest BCUT2D eigenvalue weighted by Crippen LogP contribution is -2.75. The van der Waals surface area contributed by atoms with Gasteiger partial charge in [0.1, 0.15) is 0 Å². The zero-order valence-electron chi connectivity index (χ0n) is 52.9. The lowest BCUT2D eigenvalue weighted by atomic mass is 9.33. The fourth-order valence-electron chi connectivity index (χ4n) is 16.4. The van der Waals surface area contributed by atoms with Gasteiger partial charge in [-0.3, -0.25) is 0 Å². The van der Waals surface area contributed by atoms with E-state index in [1.54, 1.807) is 0 Å². The van der Waals surface area contributed by atoms with Gasteiger partial charge in [-0.1, -0.05) is 334 Å². The SMILES string of the molecule is c1ccc(-c2ccc3c(c2)N(c2ccccc2-c2ccccc2)c2cc(-n4c5ccccc5c5ccccc54)cc4c2B3c2cc([Si](c3ccccc3)(c3ccccc3)c3ccccc3)ccc2N4c2ccc([Si](c3ccccc3)(c3ccccc3)c3ccccc3)cc2)cc1. The van der Waals surface area contributed by atoms with Crippen LogP contribution in [0, 0.1) is 0 Å². The van der Waals surface area contributed by atoms with Crippen LogP contribution in [0.25, 0.3) is 49.7 Å². The van der Waals surface area contributed by atoms with Gasteiger partial charge >= 0.3 is 0 Å². The first-order valence-corrected chi connectivity index (χ1v) is 37.3. The Kier molecular flexibility index (Phi) is 14.0. The maximum Gasteiger partial charge on any atom is 0.252 e.